The molecule has 0 aliphatic carbocycles. The maximum Gasteiger partial charge on any atom is 0.256 e. The van der Waals surface area contributed by atoms with Crippen LogP contribution in [0.5, 0.6) is 0 Å². The molecule has 0 aliphatic rings. The van der Waals surface area contributed by atoms with Crippen LogP contribution < -0.4 is 0 Å². The molecule has 1 unspecified atom stereocenters. The van der Waals surface area contributed by atoms with Gasteiger partial charge in [0.05, 0.1) is 17.6 Å². The minimum absolute atomic E-state index is 0.161. The van der Waals surface area contributed by atoms with Gasteiger partial charge in [-0.3, -0.25) is 4.79 Å². The zero-order valence-corrected chi connectivity index (χ0v) is 11.2. The largest absolute Gasteiger partial charge is 0.338 e. The van der Waals surface area contributed by atoms with Crippen LogP contribution in [0, 0.1) is 35.8 Å². The van der Waals surface area contributed by atoms with Gasteiger partial charge in [0.2, 0.25) is 0 Å². The summed E-state index contributed by atoms with van der Waals surface area (Å²) >= 11 is 0. The maximum absolute atomic E-state index is 13.6. The first-order valence-electron chi connectivity index (χ1n) is 6.05. The van der Waals surface area contributed by atoms with Crippen molar-refractivity contribution in [2.24, 2.45) is 5.92 Å². The van der Waals surface area contributed by atoms with Crippen LogP contribution in [-0.2, 0) is 0 Å². The number of carbonyl (C=O) groups is 1. The molecule has 0 aliphatic heterocycles. The van der Waals surface area contributed by atoms with Crippen LogP contribution >= 0.6 is 0 Å². The highest BCUT2D eigenvalue weighted by atomic mass is 19.1. The third kappa shape index (κ3) is 3.50. The quantitative estimate of drug-likeness (QED) is 0.841. The Balaban J connectivity index is 3.05. The summed E-state index contributed by atoms with van der Waals surface area (Å²) in [5, 5.41) is 8.76. The molecular formula is C14H16F2N2O. The van der Waals surface area contributed by atoms with Crippen LogP contribution in [-0.4, -0.2) is 23.9 Å². The lowest BCUT2D eigenvalue weighted by atomic mass is 10.1. The van der Waals surface area contributed by atoms with Crippen LogP contribution in [0.25, 0.3) is 0 Å². The molecule has 5 heteroatoms. The summed E-state index contributed by atoms with van der Waals surface area (Å²) in [6.45, 7) is 5.49. The van der Waals surface area contributed by atoms with Gasteiger partial charge in [0.15, 0.2) is 0 Å². The minimum Gasteiger partial charge on any atom is -0.338 e. The van der Waals surface area contributed by atoms with Gasteiger partial charge in [0.25, 0.3) is 5.91 Å². The number of benzene rings is 1. The molecule has 0 bridgehead atoms. The smallest absolute Gasteiger partial charge is 0.256 e. The van der Waals surface area contributed by atoms with Crippen LogP contribution in [0.3, 0.4) is 0 Å². The molecule has 0 spiro atoms. The van der Waals surface area contributed by atoms with Crippen molar-refractivity contribution in [3.8, 4) is 6.07 Å². The van der Waals surface area contributed by atoms with Crippen molar-refractivity contribution in [2.75, 3.05) is 13.1 Å². The summed E-state index contributed by atoms with van der Waals surface area (Å²) in [5.74, 6) is -2.42. The molecule has 1 aromatic carbocycles. The maximum atomic E-state index is 13.6. The Kier molecular flexibility index (Phi) is 4.99. The van der Waals surface area contributed by atoms with Crippen molar-refractivity contribution in [3.63, 3.8) is 0 Å². The molecule has 0 radical (unpaired) electrons. The molecule has 1 aromatic rings. The predicted octanol–water partition coefficient (Wildman–Crippen LogP) is 2.90. The van der Waals surface area contributed by atoms with Gasteiger partial charge in [-0.25, -0.2) is 8.78 Å². The highest BCUT2D eigenvalue weighted by Crippen LogP contribution is 2.16. The molecule has 0 saturated carbocycles. The Hall–Kier alpha value is -1.96. The normalized spacial score (nSPS) is 11.8. The van der Waals surface area contributed by atoms with Crippen molar-refractivity contribution in [1.29, 1.82) is 5.26 Å². The Morgan fingerprint density at radius 3 is 2.58 bits per heavy atom. The summed E-state index contributed by atoms with van der Waals surface area (Å²) in [6, 6.07) is 3.94. The van der Waals surface area contributed by atoms with Crippen molar-refractivity contribution in [1.82, 2.24) is 4.90 Å². The van der Waals surface area contributed by atoms with Crippen LogP contribution in [0.15, 0.2) is 12.1 Å². The second-order valence-electron chi connectivity index (χ2n) is 4.46. The fraction of sp³-hybridized carbons (Fsp3) is 0.429. The molecule has 0 N–H and O–H groups in total. The molecule has 0 fully saturated rings. The zero-order valence-electron chi connectivity index (χ0n) is 11.2. The van der Waals surface area contributed by atoms with Crippen molar-refractivity contribution >= 4 is 5.91 Å². The molecule has 1 atom stereocenters. The summed E-state index contributed by atoms with van der Waals surface area (Å²) < 4.78 is 26.8. The predicted molar refractivity (Wildman–Crippen MR) is 67.4 cm³/mol. The molecule has 102 valence electrons. The van der Waals surface area contributed by atoms with Gasteiger partial charge in [-0.05, 0) is 32.4 Å². The molecule has 1 rings (SSSR count). The average Bonchev–Trinajstić information content (AvgIpc) is 2.39. The number of aryl methyl sites for hydroxylation is 1. The van der Waals surface area contributed by atoms with E-state index in [1.165, 1.54) is 17.9 Å². The van der Waals surface area contributed by atoms with Gasteiger partial charge in [0, 0.05) is 19.2 Å². The van der Waals surface area contributed by atoms with E-state index in [2.05, 4.69) is 0 Å². The van der Waals surface area contributed by atoms with E-state index < -0.39 is 17.5 Å². The first kappa shape index (κ1) is 15.1. The molecule has 0 heterocycles. The highest BCUT2D eigenvalue weighted by Gasteiger charge is 2.21. The number of hydrogen-bond donors (Lipinski definition) is 0. The second-order valence-corrected chi connectivity index (χ2v) is 4.46. The van der Waals surface area contributed by atoms with E-state index in [-0.39, 0.29) is 23.6 Å². The molecule has 0 saturated heterocycles. The van der Waals surface area contributed by atoms with Crippen molar-refractivity contribution in [2.45, 2.75) is 20.8 Å². The van der Waals surface area contributed by atoms with Crippen molar-refractivity contribution < 1.29 is 13.6 Å². The SMILES string of the molecule is CCN(CC(C)C#N)C(=O)c1cc(C)c(F)cc1F. The van der Waals surface area contributed by atoms with Gasteiger partial charge >= 0.3 is 0 Å². The number of amides is 1. The lowest BCUT2D eigenvalue weighted by Gasteiger charge is -2.22. The number of carbonyl (C=O) groups excluding carboxylic acids is 1. The van der Waals surface area contributed by atoms with Gasteiger partial charge in [0.1, 0.15) is 11.6 Å². The molecule has 1 amide bonds. The third-order valence-electron chi connectivity index (χ3n) is 2.86. The highest BCUT2D eigenvalue weighted by molar-refractivity contribution is 5.94. The number of nitriles is 1. The number of rotatable bonds is 4. The number of nitrogens with zero attached hydrogens (tertiary/aromatic N) is 2. The third-order valence-corrected chi connectivity index (χ3v) is 2.86. The van der Waals surface area contributed by atoms with Gasteiger partial charge in [-0.2, -0.15) is 5.26 Å². The standard InChI is InChI=1S/C14H16F2N2O/c1-4-18(8-9(2)7-17)14(19)11-5-10(3)12(15)6-13(11)16/h5-6,9H,4,8H2,1-3H3. The zero-order chi connectivity index (χ0) is 14.6. The van der Waals surface area contributed by atoms with E-state index in [4.69, 9.17) is 5.26 Å². The van der Waals surface area contributed by atoms with E-state index in [1.54, 1.807) is 13.8 Å². The first-order valence-corrected chi connectivity index (χ1v) is 6.05. The topological polar surface area (TPSA) is 44.1 Å². The summed E-state index contributed by atoms with van der Waals surface area (Å²) in [6.07, 6.45) is 0. The Labute approximate surface area is 111 Å². The number of halogens is 2. The average molecular weight is 266 g/mol. The van der Waals surface area contributed by atoms with Gasteiger partial charge in [-0.15, -0.1) is 0 Å². The summed E-state index contributed by atoms with van der Waals surface area (Å²) in [5.41, 5.74) is 0.0556. The monoisotopic (exact) mass is 266 g/mol. The molecule has 0 aromatic heterocycles. The van der Waals surface area contributed by atoms with E-state index in [9.17, 15) is 13.6 Å². The number of hydrogen-bond acceptors (Lipinski definition) is 2. The first-order chi connectivity index (χ1) is 8.90. The van der Waals surface area contributed by atoms with E-state index in [1.807, 2.05) is 6.07 Å². The Bertz CT molecular complexity index is 523. The van der Waals surface area contributed by atoms with E-state index >= 15 is 0 Å². The summed E-state index contributed by atoms with van der Waals surface area (Å²) in [4.78, 5) is 13.5. The Morgan fingerprint density at radius 2 is 2.05 bits per heavy atom. The lowest BCUT2D eigenvalue weighted by Crippen LogP contribution is -2.35. The fourth-order valence-electron chi connectivity index (χ4n) is 1.72. The van der Waals surface area contributed by atoms with E-state index in [0.717, 1.165) is 0 Å². The van der Waals surface area contributed by atoms with Crippen LogP contribution in [0.2, 0.25) is 0 Å². The molecular weight excluding hydrogens is 250 g/mol. The van der Waals surface area contributed by atoms with Crippen LogP contribution in [0.1, 0.15) is 29.8 Å². The summed E-state index contributed by atoms with van der Waals surface area (Å²) in [7, 11) is 0. The van der Waals surface area contributed by atoms with Gasteiger partial charge in [-0.1, -0.05) is 0 Å². The lowest BCUT2D eigenvalue weighted by molar-refractivity contribution is 0.0748. The fourth-order valence-corrected chi connectivity index (χ4v) is 1.72. The van der Waals surface area contributed by atoms with Crippen LogP contribution in [0.4, 0.5) is 8.78 Å². The Morgan fingerprint density at radius 1 is 1.42 bits per heavy atom. The van der Waals surface area contributed by atoms with Gasteiger partial charge < -0.3 is 4.90 Å². The second kappa shape index (κ2) is 6.28. The van der Waals surface area contributed by atoms with Crippen molar-refractivity contribution in [3.05, 3.63) is 34.9 Å². The molecule has 19 heavy (non-hydrogen) atoms. The minimum atomic E-state index is -0.879. The van der Waals surface area contributed by atoms with E-state index in [0.29, 0.717) is 12.6 Å². The molecule has 3 nitrogen and oxygen atoms in total.